The predicted octanol–water partition coefficient (Wildman–Crippen LogP) is 4.36. The predicted molar refractivity (Wildman–Crippen MR) is 92.6 cm³/mol. The molecule has 0 aliphatic carbocycles. The summed E-state index contributed by atoms with van der Waals surface area (Å²) < 4.78 is 0. The Kier molecular flexibility index (Phi) is 4.36. The molecular weight excluding hydrogens is 300 g/mol. The molecule has 0 saturated heterocycles. The SMILES string of the molecule is CCNc1nc(NCc2cccs2)c2cc(CC)sc2n1. The highest BCUT2D eigenvalue weighted by Crippen LogP contribution is 2.30. The first kappa shape index (κ1) is 14.3. The molecule has 2 N–H and O–H groups in total. The van der Waals surface area contributed by atoms with E-state index in [-0.39, 0.29) is 0 Å². The standard InChI is InChI=1S/C15H18N4S2/c1-3-10-8-12-13(17-9-11-6-5-7-20-11)18-15(16-4-2)19-14(12)21-10/h5-8H,3-4,9H2,1-2H3,(H2,16,17,18,19). The summed E-state index contributed by atoms with van der Waals surface area (Å²) >= 11 is 3.50. The maximum atomic E-state index is 4.62. The number of nitrogens with zero attached hydrogens (tertiary/aromatic N) is 2. The fraction of sp³-hybridized carbons (Fsp3) is 0.333. The maximum absolute atomic E-state index is 4.62. The zero-order chi connectivity index (χ0) is 14.7. The molecule has 3 aromatic rings. The molecule has 6 heteroatoms. The molecule has 0 fully saturated rings. The van der Waals surface area contributed by atoms with E-state index in [0.29, 0.717) is 5.95 Å². The Balaban J connectivity index is 1.94. The molecule has 110 valence electrons. The second kappa shape index (κ2) is 6.41. The van der Waals surface area contributed by atoms with E-state index in [0.717, 1.165) is 35.5 Å². The van der Waals surface area contributed by atoms with Crippen LogP contribution in [0.5, 0.6) is 0 Å². The molecule has 21 heavy (non-hydrogen) atoms. The van der Waals surface area contributed by atoms with Crippen LogP contribution in [0.15, 0.2) is 23.6 Å². The summed E-state index contributed by atoms with van der Waals surface area (Å²) in [6.45, 7) is 5.84. The number of hydrogen-bond acceptors (Lipinski definition) is 6. The lowest BCUT2D eigenvalue weighted by atomic mass is 10.3. The molecule has 0 radical (unpaired) electrons. The summed E-state index contributed by atoms with van der Waals surface area (Å²) in [6.07, 6.45) is 1.03. The van der Waals surface area contributed by atoms with Crippen molar-refractivity contribution < 1.29 is 0 Å². The van der Waals surface area contributed by atoms with Crippen molar-refractivity contribution in [2.45, 2.75) is 26.8 Å². The van der Waals surface area contributed by atoms with Gasteiger partial charge in [0.05, 0.1) is 11.9 Å². The highest BCUT2D eigenvalue weighted by atomic mass is 32.1. The topological polar surface area (TPSA) is 49.8 Å². The normalized spacial score (nSPS) is 11.0. The van der Waals surface area contributed by atoms with Gasteiger partial charge in [0.2, 0.25) is 5.95 Å². The van der Waals surface area contributed by atoms with Gasteiger partial charge in [0.25, 0.3) is 0 Å². The summed E-state index contributed by atoms with van der Waals surface area (Å²) in [5.41, 5.74) is 0. The van der Waals surface area contributed by atoms with Crippen LogP contribution in [0.25, 0.3) is 10.2 Å². The Hall–Kier alpha value is -1.66. The van der Waals surface area contributed by atoms with Gasteiger partial charge in [-0.1, -0.05) is 13.0 Å². The first-order chi connectivity index (χ1) is 10.3. The summed E-state index contributed by atoms with van der Waals surface area (Å²) in [6, 6.07) is 6.40. The van der Waals surface area contributed by atoms with E-state index in [9.17, 15) is 0 Å². The zero-order valence-electron chi connectivity index (χ0n) is 12.1. The Labute approximate surface area is 132 Å². The van der Waals surface area contributed by atoms with Gasteiger partial charge in [0.1, 0.15) is 10.6 Å². The zero-order valence-corrected chi connectivity index (χ0v) is 13.8. The van der Waals surface area contributed by atoms with Gasteiger partial charge < -0.3 is 10.6 Å². The number of nitrogens with one attached hydrogen (secondary N) is 2. The maximum Gasteiger partial charge on any atom is 0.226 e. The van der Waals surface area contributed by atoms with Crippen molar-refractivity contribution in [2.75, 3.05) is 17.2 Å². The summed E-state index contributed by atoms with van der Waals surface area (Å²) in [5, 5.41) is 9.87. The third-order valence-electron chi connectivity index (χ3n) is 3.14. The van der Waals surface area contributed by atoms with Gasteiger partial charge in [0, 0.05) is 16.3 Å². The highest BCUT2D eigenvalue weighted by Gasteiger charge is 2.11. The van der Waals surface area contributed by atoms with E-state index >= 15 is 0 Å². The van der Waals surface area contributed by atoms with E-state index in [1.54, 1.807) is 22.7 Å². The van der Waals surface area contributed by atoms with Gasteiger partial charge in [-0.25, -0.2) is 4.98 Å². The molecule has 0 aliphatic rings. The van der Waals surface area contributed by atoms with Crippen LogP contribution in [-0.2, 0) is 13.0 Å². The Bertz CT molecular complexity index is 719. The number of aromatic nitrogens is 2. The van der Waals surface area contributed by atoms with Crippen LogP contribution in [0.4, 0.5) is 11.8 Å². The third-order valence-corrected chi connectivity index (χ3v) is 5.19. The monoisotopic (exact) mass is 318 g/mol. The molecule has 3 heterocycles. The van der Waals surface area contributed by atoms with E-state index < -0.39 is 0 Å². The number of hydrogen-bond donors (Lipinski definition) is 2. The molecule has 0 bridgehead atoms. The van der Waals surface area contributed by atoms with Crippen molar-refractivity contribution in [1.82, 2.24) is 9.97 Å². The van der Waals surface area contributed by atoms with Gasteiger partial charge in [-0.05, 0) is 30.9 Å². The average Bonchev–Trinajstić information content (AvgIpc) is 3.14. The van der Waals surface area contributed by atoms with E-state index in [1.165, 1.54) is 9.75 Å². The molecular formula is C15H18N4S2. The smallest absolute Gasteiger partial charge is 0.226 e. The fourth-order valence-corrected chi connectivity index (χ4v) is 3.71. The number of thiophene rings is 2. The van der Waals surface area contributed by atoms with Gasteiger partial charge in [-0.3, -0.25) is 0 Å². The first-order valence-corrected chi connectivity index (χ1v) is 8.80. The number of aryl methyl sites for hydroxylation is 1. The van der Waals surface area contributed by atoms with Crippen LogP contribution in [0.2, 0.25) is 0 Å². The third kappa shape index (κ3) is 3.16. The summed E-state index contributed by atoms with van der Waals surface area (Å²) in [7, 11) is 0. The number of fused-ring (bicyclic) bond motifs is 1. The number of rotatable bonds is 6. The van der Waals surface area contributed by atoms with Crippen molar-refractivity contribution in [1.29, 1.82) is 0 Å². The molecule has 0 atom stereocenters. The largest absolute Gasteiger partial charge is 0.364 e. The molecule has 3 aromatic heterocycles. The molecule has 0 amide bonds. The fourth-order valence-electron chi connectivity index (χ4n) is 2.10. The van der Waals surface area contributed by atoms with Crippen molar-refractivity contribution in [3.8, 4) is 0 Å². The summed E-state index contributed by atoms with van der Waals surface area (Å²) in [5.74, 6) is 1.61. The molecule has 4 nitrogen and oxygen atoms in total. The van der Waals surface area contributed by atoms with Crippen molar-refractivity contribution in [3.05, 3.63) is 33.3 Å². The Morgan fingerprint density at radius 2 is 2.05 bits per heavy atom. The van der Waals surface area contributed by atoms with Crippen molar-refractivity contribution in [2.24, 2.45) is 0 Å². The minimum atomic E-state index is 0.697. The van der Waals surface area contributed by atoms with E-state index in [4.69, 9.17) is 0 Å². The second-order valence-electron chi connectivity index (χ2n) is 4.64. The Morgan fingerprint density at radius 3 is 2.76 bits per heavy atom. The van der Waals surface area contributed by atoms with Gasteiger partial charge in [-0.15, -0.1) is 22.7 Å². The first-order valence-electron chi connectivity index (χ1n) is 7.10. The van der Waals surface area contributed by atoms with Crippen LogP contribution in [0.3, 0.4) is 0 Å². The molecule has 0 unspecified atom stereocenters. The van der Waals surface area contributed by atoms with Gasteiger partial charge in [-0.2, -0.15) is 4.98 Å². The average molecular weight is 318 g/mol. The lowest BCUT2D eigenvalue weighted by molar-refractivity contribution is 1.09. The summed E-state index contributed by atoms with van der Waals surface area (Å²) in [4.78, 5) is 12.9. The van der Waals surface area contributed by atoms with Crippen LogP contribution in [0, 0.1) is 0 Å². The molecule has 3 rings (SSSR count). The van der Waals surface area contributed by atoms with Crippen molar-refractivity contribution >= 4 is 44.7 Å². The van der Waals surface area contributed by atoms with E-state index in [1.807, 2.05) is 0 Å². The Morgan fingerprint density at radius 1 is 1.14 bits per heavy atom. The molecule has 0 aromatic carbocycles. The van der Waals surface area contributed by atoms with Gasteiger partial charge >= 0.3 is 0 Å². The minimum absolute atomic E-state index is 0.697. The van der Waals surface area contributed by atoms with Crippen LogP contribution in [0.1, 0.15) is 23.6 Å². The van der Waals surface area contributed by atoms with Crippen LogP contribution in [-0.4, -0.2) is 16.5 Å². The lowest BCUT2D eigenvalue weighted by Crippen LogP contribution is -2.06. The highest BCUT2D eigenvalue weighted by molar-refractivity contribution is 7.18. The van der Waals surface area contributed by atoms with Crippen LogP contribution < -0.4 is 10.6 Å². The van der Waals surface area contributed by atoms with Gasteiger partial charge in [0.15, 0.2) is 0 Å². The van der Waals surface area contributed by atoms with Crippen LogP contribution >= 0.6 is 22.7 Å². The minimum Gasteiger partial charge on any atom is -0.364 e. The second-order valence-corrected chi connectivity index (χ2v) is 6.79. The van der Waals surface area contributed by atoms with E-state index in [2.05, 4.69) is 58.0 Å². The van der Waals surface area contributed by atoms with Crippen molar-refractivity contribution in [3.63, 3.8) is 0 Å². The number of anilines is 2. The molecule has 0 saturated carbocycles. The quantitative estimate of drug-likeness (QED) is 0.709. The molecule has 0 aliphatic heterocycles. The lowest BCUT2D eigenvalue weighted by Gasteiger charge is -2.08. The molecule has 0 spiro atoms.